The lowest BCUT2D eigenvalue weighted by atomic mass is 10.0. The van der Waals surface area contributed by atoms with Crippen LogP contribution in [-0.4, -0.2) is 59.9 Å². The average molecular weight is 818 g/mol. The van der Waals surface area contributed by atoms with E-state index < -0.39 is 51.1 Å². The Morgan fingerprint density at radius 1 is 0.536 bits per heavy atom. The Bertz CT molecular complexity index is 1010. The molecule has 0 fully saturated rings. The molecule has 0 spiro atoms. The summed E-state index contributed by atoms with van der Waals surface area (Å²) in [6, 6.07) is -1.52. The number of aliphatic carboxylic acids is 1. The van der Waals surface area contributed by atoms with Crippen LogP contribution in [0.15, 0.2) is 12.2 Å². The van der Waals surface area contributed by atoms with Gasteiger partial charge in [-0.05, 0) is 38.5 Å². The number of hydrogen-bond acceptors (Lipinski definition) is 9. The van der Waals surface area contributed by atoms with Crippen LogP contribution >= 0.6 is 7.82 Å². The molecule has 11 nitrogen and oxygen atoms in total. The Labute approximate surface area is 341 Å². The number of ether oxygens (including phenoxy) is 2. The molecule has 0 bridgehead atoms. The van der Waals surface area contributed by atoms with Crippen molar-refractivity contribution < 1.29 is 47.5 Å². The highest BCUT2D eigenvalue weighted by Crippen LogP contribution is 2.43. The van der Waals surface area contributed by atoms with Gasteiger partial charge in [0.15, 0.2) is 6.10 Å². The molecule has 0 aromatic rings. The molecule has 0 saturated heterocycles. The van der Waals surface area contributed by atoms with Crippen LogP contribution in [0.2, 0.25) is 0 Å². The van der Waals surface area contributed by atoms with Gasteiger partial charge in [0.2, 0.25) is 0 Å². The fraction of sp³-hybridized carbons (Fsp3) is 0.886. The summed E-state index contributed by atoms with van der Waals surface area (Å²) < 4.78 is 32.7. The minimum Gasteiger partial charge on any atom is -0.480 e. The van der Waals surface area contributed by atoms with Gasteiger partial charge in [-0.25, -0.2) is 4.57 Å². The Morgan fingerprint density at radius 2 is 0.893 bits per heavy atom. The second-order valence-corrected chi connectivity index (χ2v) is 17.0. The highest BCUT2D eigenvalue weighted by Gasteiger charge is 2.28. The van der Waals surface area contributed by atoms with Gasteiger partial charge < -0.3 is 25.2 Å². The molecular weight excluding hydrogens is 733 g/mol. The van der Waals surface area contributed by atoms with Gasteiger partial charge in [0.05, 0.1) is 13.2 Å². The first-order valence-corrected chi connectivity index (χ1v) is 24.2. The largest absolute Gasteiger partial charge is 0.480 e. The van der Waals surface area contributed by atoms with E-state index in [1.54, 1.807) is 0 Å². The second kappa shape index (κ2) is 40.0. The van der Waals surface area contributed by atoms with Crippen LogP contribution in [-0.2, 0) is 37.5 Å². The van der Waals surface area contributed by atoms with E-state index in [1.165, 1.54) is 135 Å². The first-order chi connectivity index (χ1) is 27.1. The van der Waals surface area contributed by atoms with Gasteiger partial charge in [-0.3, -0.25) is 23.4 Å². The zero-order valence-corrected chi connectivity index (χ0v) is 36.6. The average Bonchev–Trinajstić information content (AvgIpc) is 3.17. The van der Waals surface area contributed by atoms with Crippen LogP contribution in [0.3, 0.4) is 0 Å². The number of phosphoric acid groups is 1. The quantitative estimate of drug-likeness (QED) is 0.0231. The smallest absolute Gasteiger partial charge is 0.472 e. The molecule has 0 heterocycles. The summed E-state index contributed by atoms with van der Waals surface area (Å²) in [5.41, 5.74) is 5.34. The van der Waals surface area contributed by atoms with Crippen molar-refractivity contribution in [3.05, 3.63) is 12.2 Å². The highest BCUT2D eigenvalue weighted by atomic mass is 31.2. The summed E-state index contributed by atoms with van der Waals surface area (Å²) in [7, 11) is -4.71. The van der Waals surface area contributed by atoms with Crippen LogP contribution in [0.5, 0.6) is 0 Å². The van der Waals surface area contributed by atoms with Gasteiger partial charge in [0, 0.05) is 12.8 Å². The Hall–Kier alpha value is -1.78. The van der Waals surface area contributed by atoms with Crippen LogP contribution < -0.4 is 5.73 Å². The van der Waals surface area contributed by atoms with E-state index in [4.69, 9.17) is 24.8 Å². The zero-order valence-electron chi connectivity index (χ0n) is 35.7. The van der Waals surface area contributed by atoms with Gasteiger partial charge in [0.1, 0.15) is 12.6 Å². The number of unbranched alkanes of at least 4 members (excludes halogenated alkanes) is 27. The van der Waals surface area contributed by atoms with Gasteiger partial charge in [-0.1, -0.05) is 180 Å². The van der Waals surface area contributed by atoms with Crippen molar-refractivity contribution in [2.24, 2.45) is 5.73 Å². The predicted octanol–water partition coefficient (Wildman–Crippen LogP) is 12.1. The maximum atomic E-state index is 12.6. The molecule has 56 heavy (non-hydrogen) atoms. The van der Waals surface area contributed by atoms with Crippen LogP contribution in [0.4, 0.5) is 0 Å². The standard InChI is InChI=1S/C44H84NO10P/c1-3-5-7-9-11-13-15-17-19-20-22-23-25-27-29-31-33-35-42(46)52-37-40(38-53-56(50,51)54-39-41(45)44(48)49)55-43(47)36-34-32-30-28-26-24-21-18-16-14-12-10-8-6-4-2/h17,19,40-41H,3-16,18,20-39,45H2,1-2H3,(H,48,49)(H,50,51)/b19-17-/t40-,41+/m1/s1. The number of nitrogens with two attached hydrogens (primary N) is 1. The fourth-order valence-corrected chi connectivity index (χ4v) is 7.19. The number of carbonyl (C=O) groups excluding carboxylic acids is 2. The summed E-state index contributed by atoms with van der Waals surface area (Å²) >= 11 is 0. The number of carboxylic acid groups (broad SMARTS) is 1. The lowest BCUT2D eigenvalue weighted by molar-refractivity contribution is -0.161. The third-order valence-electron chi connectivity index (χ3n) is 10.0. The molecule has 0 radical (unpaired) electrons. The van der Waals surface area contributed by atoms with E-state index in [9.17, 15) is 23.8 Å². The first-order valence-electron chi connectivity index (χ1n) is 22.7. The zero-order chi connectivity index (χ0) is 41.4. The Morgan fingerprint density at radius 3 is 1.30 bits per heavy atom. The van der Waals surface area contributed by atoms with Crippen LogP contribution in [0.1, 0.15) is 219 Å². The molecule has 0 aliphatic rings. The van der Waals surface area contributed by atoms with Crippen molar-refractivity contribution in [3.63, 3.8) is 0 Å². The van der Waals surface area contributed by atoms with Crippen molar-refractivity contribution in [2.75, 3.05) is 19.8 Å². The van der Waals surface area contributed by atoms with E-state index in [1.807, 2.05) is 0 Å². The molecule has 0 saturated carbocycles. The molecule has 0 rings (SSSR count). The Kier molecular flexibility index (Phi) is 38.7. The third-order valence-corrected chi connectivity index (χ3v) is 11.0. The summed E-state index contributed by atoms with van der Waals surface area (Å²) in [5, 5.41) is 8.89. The molecule has 330 valence electrons. The molecule has 0 aliphatic heterocycles. The first kappa shape index (κ1) is 54.2. The SMILES string of the molecule is CCCCCCCC/C=C\CCCCCCCCCC(=O)OC[C@H](COP(=O)(O)OC[C@H](N)C(=O)O)OC(=O)CCCCCCCCCCCCCCCCC. The lowest BCUT2D eigenvalue weighted by Gasteiger charge is -2.20. The van der Waals surface area contributed by atoms with Gasteiger partial charge in [-0.15, -0.1) is 0 Å². The monoisotopic (exact) mass is 818 g/mol. The lowest BCUT2D eigenvalue weighted by Crippen LogP contribution is -2.34. The maximum Gasteiger partial charge on any atom is 0.472 e. The van der Waals surface area contributed by atoms with Crippen LogP contribution in [0, 0.1) is 0 Å². The number of carboxylic acids is 1. The van der Waals surface area contributed by atoms with E-state index in [-0.39, 0.29) is 19.4 Å². The number of hydrogen-bond donors (Lipinski definition) is 3. The number of phosphoric ester groups is 1. The highest BCUT2D eigenvalue weighted by molar-refractivity contribution is 7.47. The minimum atomic E-state index is -4.71. The summed E-state index contributed by atoms with van der Waals surface area (Å²) in [6.07, 6.45) is 39.8. The van der Waals surface area contributed by atoms with E-state index in [2.05, 4.69) is 30.5 Å². The summed E-state index contributed by atoms with van der Waals surface area (Å²) in [4.78, 5) is 46.0. The minimum absolute atomic E-state index is 0.166. The molecule has 1 unspecified atom stereocenters. The molecule has 0 aliphatic carbocycles. The summed E-state index contributed by atoms with van der Waals surface area (Å²) in [5.74, 6) is -2.37. The molecule has 0 aromatic carbocycles. The van der Waals surface area contributed by atoms with E-state index in [0.717, 1.165) is 44.9 Å². The topological polar surface area (TPSA) is 172 Å². The number of allylic oxidation sites excluding steroid dienone is 2. The summed E-state index contributed by atoms with van der Waals surface area (Å²) in [6.45, 7) is 2.82. The molecule has 0 aromatic heterocycles. The fourth-order valence-electron chi connectivity index (χ4n) is 6.41. The second-order valence-electron chi connectivity index (χ2n) is 15.5. The predicted molar refractivity (Wildman–Crippen MR) is 226 cm³/mol. The molecule has 4 N–H and O–H groups in total. The van der Waals surface area contributed by atoms with Crippen molar-refractivity contribution in [2.45, 2.75) is 231 Å². The molecular formula is C44H84NO10P. The normalized spacial score (nSPS) is 13.8. The number of esters is 2. The van der Waals surface area contributed by atoms with Gasteiger partial charge in [-0.2, -0.15) is 0 Å². The van der Waals surface area contributed by atoms with Crippen molar-refractivity contribution >= 4 is 25.7 Å². The van der Waals surface area contributed by atoms with Gasteiger partial charge >= 0.3 is 25.7 Å². The van der Waals surface area contributed by atoms with Crippen LogP contribution in [0.25, 0.3) is 0 Å². The van der Waals surface area contributed by atoms with Crippen molar-refractivity contribution in [1.29, 1.82) is 0 Å². The van der Waals surface area contributed by atoms with E-state index in [0.29, 0.717) is 12.8 Å². The maximum absolute atomic E-state index is 12.6. The molecule has 0 amide bonds. The van der Waals surface area contributed by atoms with Crippen molar-refractivity contribution in [3.8, 4) is 0 Å². The van der Waals surface area contributed by atoms with Crippen molar-refractivity contribution in [1.82, 2.24) is 0 Å². The number of carbonyl (C=O) groups is 3. The van der Waals surface area contributed by atoms with E-state index >= 15 is 0 Å². The Balaban J connectivity index is 4.31. The third kappa shape index (κ3) is 39.1. The molecule has 12 heteroatoms. The van der Waals surface area contributed by atoms with Gasteiger partial charge in [0.25, 0.3) is 0 Å². The number of rotatable bonds is 43. The molecule has 3 atom stereocenters.